The van der Waals surface area contributed by atoms with E-state index >= 15 is 0 Å². The highest BCUT2D eigenvalue weighted by molar-refractivity contribution is 6.31. The van der Waals surface area contributed by atoms with E-state index in [1.54, 1.807) is 26.5 Å². The molecule has 1 N–H and O–H groups in total. The number of halogens is 1. The van der Waals surface area contributed by atoms with Gasteiger partial charge in [0.1, 0.15) is 5.76 Å². The second kappa shape index (κ2) is 6.87. The first-order chi connectivity index (χ1) is 10.2. The number of ether oxygens (including phenoxy) is 2. The molecule has 0 bridgehead atoms. The van der Waals surface area contributed by atoms with Crippen molar-refractivity contribution in [2.75, 3.05) is 21.3 Å². The van der Waals surface area contributed by atoms with Gasteiger partial charge in [0.25, 0.3) is 0 Å². The molecule has 0 radical (unpaired) electrons. The molecule has 4 nitrogen and oxygen atoms in total. The van der Waals surface area contributed by atoms with Crippen molar-refractivity contribution in [1.29, 1.82) is 0 Å². The Labute approximate surface area is 130 Å². The minimum absolute atomic E-state index is 0.0639. The van der Waals surface area contributed by atoms with Gasteiger partial charge in [-0.1, -0.05) is 18.5 Å². The maximum Gasteiger partial charge on any atom is 0.162 e. The van der Waals surface area contributed by atoms with Crippen molar-refractivity contribution < 1.29 is 13.9 Å². The largest absolute Gasteiger partial charge is 0.493 e. The van der Waals surface area contributed by atoms with Gasteiger partial charge < -0.3 is 19.2 Å². The lowest BCUT2D eigenvalue weighted by Gasteiger charge is -2.20. The van der Waals surface area contributed by atoms with E-state index in [1.807, 2.05) is 19.2 Å². The highest BCUT2D eigenvalue weighted by Crippen LogP contribution is 2.38. The predicted molar refractivity (Wildman–Crippen MR) is 83.5 cm³/mol. The molecule has 1 aromatic heterocycles. The minimum atomic E-state index is -0.0639. The van der Waals surface area contributed by atoms with Crippen LogP contribution in [0.15, 0.2) is 28.9 Å². The molecule has 0 fully saturated rings. The number of rotatable bonds is 6. The van der Waals surface area contributed by atoms with Gasteiger partial charge in [-0.05, 0) is 24.7 Å². The van der Waals surface area contributed by atoms with Crippen LogP contribution >= 0.6 is 11.6 Å². The molecule has 0 saturated heterocycles. The second-order valence-corrected chi connectivity index (χ2v) is 5.01. The Balaban J connectivity index is 2.52. The number of furan rings is 1. The summed E-state index contributed by atoms with van der Waals surface area (Å²) >= 11 is 6.42. The molecule has 114 valence electrons. The summed E-state index contributed by atoms with van der Waals surface area (Å²) in [6.07, 6.45) is 2.53. The normalized spacial score (nSPS) is 12.2. The average Bonchev–Trinajstić information content (AvgIpc) is 2.97. The summed E-state index contributed by atoms with van der Waals surface area (Å²) in [6.45, 7) is 2.06. The number of benzene rings is 1. The Morgan fingerprint density at radius 3 is 2.43 bits per heavy atom. The van der Waals surface area contributed by atoms with Crippen LogP contribution in [0, 0.1) is 0 Å². The number of nitrogens with one attached hydrogen (secondary N) is 1. The van der Waals surface area contributed by atoms with Gasteiger partial charge in [0, 0.05) is 23.1 Å². The molecule has 21 heavy (non-hydrogen) atoms. The summed E-state index contributed by atoms with van der Waals surface area (Å²) < 4.78 is 16.2. The molecule has 0 saturated carbocycles. The Hall–Kier alpha value is -1.65. The quantitative estimate of drug-likeness (QED) is 0.881. The molecule has 0 aliphatic rings. The summed E-state index contributed by atoms with van der Waals surface area (Å²) in [6, 6.07) is 5.57. The second-order valence-electron chi connectivity index (χ2n) is 4.60. The maximum atomic E-state index is 6.42. The molecule has 2 rings (SSSR count). The highest BCUT2D eigenvalue weighted by atomic mass is 35.5. The summed E-state index contributed by atoms with van der Waals surface area (Å²) in [5.41, 5.74) is 2.00. The van der Waals surface area contributed by atoms with Crippen LogP contribution in [0.25, 0.3) is 0 Å². The molecule has 1 aromatic carbocycles. The minimum Gasteiger partial charge on any atom is -0.493 e. The van der Waals surface area contributed by atoms with Crippen molar-refractivity contribution in [2.24, 2.45) is 0 Å². The van der Waals surface area contributed by atoms with Crippen LogP contribution in [-0.4, -0.2) is 21.3 Å². The van der Waals surface area contributed by atoms with Crippen LogP contribution in [-0.2, 0) is 6.42 Å². The fourth-order valence-corrected chi connectivity index (χ4v) is 2.73. The molecule has 1 heterocycles. The molecule has 0 aliphatic heterocycles. The SMILES string of the molecule is CCc1occc1C(NC)c1cc(OC)c(OC)cc1Cl. The zero-order valence-electron chi connectivity index (χ0n) is 12.7. The van der Waals surface area contributed by atoms with E-state index in [1.165, 1.54) is 0 Å². The lowest BCUT2D eigenvalue weighted by Crippen LogP contribution is -2.19. The van der Waals surface area contributed by atoms with Crippen molar-refractivity contribution in [3.63, 3.8) is 0 Å². The first-order valence-corrected chi connectivity index (χ1v) is 7.18. The van der Waals surface area contributed by atoms with Crippen molar-refractivity contribution in [2.45, 2.75) is 19.4 Å². The first-order valence-electron chi connectivity index (χ1n) is 6.81. The molecular weight excluding hydrogens is 290 g/mol. The summed E-state index contributed by atoms with van der Waals surface area (Å²) in [5, 5.41) is 3.90. The lowest BCUT2D eigenvalue weighted by molar-refractivity contribution is 0.354. The van der Waals surface area contributed by atoms with Crippen molar-refractivity contribution in [1.82, 2.24) is 5.32 Å². The average molecular weight is 310 g/mol. The van der Waals surface area contributed by atoms with Gasteiger partial charge in [-0.25, -0.2) is 0 Å². The monoisotopic (exact) mass is 309 g/mol. The van der Waals surface area contributed by atoms with Crippen molar-refractivity contribution in [3.8, 4) is 11.5 Å². The topological polar surface area (TPSA) is 43.6 Å². The van der Waals surface area contributed by atoms with E-state index in [-0.39, 0.29) is 6.04 Å². The van der Waals surface area contributed by atoms with E-state index in [2.05, 4.69) is 12.2 Å². The van der Waals surface area contributed by atoms with Gasteiger partial charge in [-0.3, -0.25) is 0 Å². The molecule has 5 heteroatoms. The third-order valence-electron chi connectivity index (χ3n) is 3.51. The summed E-state index contributed by atoms with van der Waals surface area (Å²) in [7, 11) is 5.10. The Morgan fingerprint density at radius 1 is 1.19 bits per heavy atom. The van der Waals surface area contributed by atoms with Crippen LogP contribution in [0.3, 0.4) is 0 Å². The fraction of sp³-hybridized carbons (Fsp3) is 0.375. The fourth-order valence-electron chi connectivity index (χ4n) is 2.46. The smallest absolute Gasteiger partial charge is 0.162 e. The maximum absolute atomic E-state index is 6.42. The summed E-state index contributed by atoms with van der Waals surface area (Å²) in [5.74, 6) is 2.21. The third kappa shape index (κ3) is 3.01. The zero-order chi connectivity index (χ0) is 15.4. The lowest BCUT2D eigenvalue weighted by atomic mass is 9.98. The zero-order valence-corrected chi connectivity index (χ0v) is 13.5. The van der Waals surface area contributed by atoms with Gasteiger partial charge >= 0.3 is 0 Å². The van der Waals surface area contributed by atoms with E-state index in [9.17, 15) is 0 Å². The Morgan fingerprint density at radius 2 is 1.86 bits per heavy atom. The standard InChI is InChI=1S/C16H20ClNO3/c1-5-13-10(6-7-21-13)16(18-2)11-8-14(19-3)15(20-4)9-12(11)17/h6-9,16,18H,5H2,1-4H3. The highest BCUT2D eigenvalue weighted by Gasteiger charge is 2.22. The van der Waals surface area contributed by atoms with Crippen LogP contribution in [0.5, 0.6) is 11.5 Å². The molecule has 0 aliphatic carbocycles. The summed E-state index contributed by atoms with van der Waals surface area (Å²) in [4.78, 5) is 0. The number of hydrogen-bond acceptors (Lipinski definition) is 4. The first kappa shape index (κ1) is 15.7. The predicted octanol–water partition coefficient (Wildman–Crippen LogP) is 3.82. The van der Waals surface area contributed by atoms with Gasteiger partial charge in [-0.15, -0.1) is 0 Å². The van der Waals surface area contributed by atoms with Crippen molar-refractivity contribution in [3.05, 3.63) is 46.4 Å². The van der Waals surface area contributed by atoms with Crippen molar-refractivity contribution >= 4 is 11.6 Å². The molecule has 0 amide bonds. The van der Waals surface area contributed by atoms with Crippen LogP contribution in [0.1, 0.15) is 29.9 Å². The van der Waals surface area contributed by atoms with Gasteiger partial charge in [0.05, 0.1) is 26.5 Å². The molecule has 1 unspecified atom stereocenters. The third-order valence-corrected chi connectivity index (χ3v) is 3.84. The van der Waals surface area contributed by atoms with Crippen LogP contribution < -0.4 is 14.8 Å². The molecule has 2 aromatic rings. The van der Waals surface area contributed by atoms with E-state index in [0.29, 0.717) is 16.5 Å². The molecule has 1 atom stereocenters. The van der Waals surface area contributed by atoms with E-state index < -0.39 is 0 Å². The van der Waals surface area contributed by atoms with Gasteiger partial charge in [0.15, 0.2) is 11.5 Å². The van der Waals surface area contributed by atoms with E-state index in [4.69, 9.17) is 25.5 Å². The number of aryl methyl sites for hydroxylation is 1. The number of methoxy groups -OCH3 is 2. The van der Waals surface area contributed by atoms with Gasteiger partial charge in [-0.2, -0.15) is 0 Å². The Bertz CT molecular complexity index is 610. The van der Waals surface area contributed by atoms with E-state index in [0.717, 1.165) is 23.3 Å². The molecular formula is C16H20ClNO3. The Kier molecular flexibility index (Phi) is 5.15. The van der Waals surface area contributed by atoms with Crippen LogP contribution in [0.4, 0.5) is 0 Å². The number of hydrogen-bond donors (Lipinski definition) is 1. The van der Waals surface area contributed by atoms with Gasteiger partial charge in [0.2, 0.25) is 0 Å². The van der Waals surface area contributed by atoms with Crippen LogP contribution in [0.2, 0.25) is 5.02 Å². The molecule has 0 spiro atoms.